The molecule has 0 saturated carbocycles. The van der Waals surface area contributed by atoms with Crippen LogP contribution >= 0.6 is 0 Å². The molecule has 1 aliphatic rings. The number of carboxylic acids is 1. The van der Waals surface area contributed by atoms with Crippen LogP contribution < -0.4 is 16.0 Å². The van der Waals surface area contributed by atoms with Crippen molar-refractivity contribution in [3.8, 4) is 5.88 Å². The Hall–Kier alpha value is -2.31. The molecule has 0 bridgehead atoms. The van der Waals surface area contributed by atoms with E-state index >= 15 is 0 Å². The number of hydrogen-bond donors (Lipinski definition) is 1. The molecule has 1 aliphatic heterocycles. The first-order valence-electron chi connectivity index (χ1n) is 4.80. The summed E-state index contributed by atoms with van der Waals surface area (Å²) >= 11 is 0. The van der Waals surface area contributed by atoms with Gasteiger partial charge in [-0.2, -0.15) is 0 Å². The minimum atomic E-state index is -1.16. The van der Waals surface area contributed by atoms with E-state index in [4.69, 9.17) is 9.84 Å². The van der Waals surface area contributed by atoms with Gasteiger partial charge < -0.3 is 9.84 Å². The molecule has 0 radical (unpaired) electrons. The Morgan fingerprint density at radius 1 is 1.35 bits per heavy atom. The first-order valence-corrected chi connectivity index (χ1v) is 4.80. The van der Waals surface area contributed by atoms with Gasteiger partial charge in [-0.15, -0.1) is 0 Å². The van der Waals surface area contributed by atoms with Crippen molar-refractivity contribution in [2.45, 2.75) is 0 Å². The highest BCUT2D eigenvalue weighted by Crippen LogP contribution is 2.28. The van der Waals surface area contributed by atoms with E-state index in [1.807, 2.05) is 0 Å². The van der Waals surface area contributed by atoms with Crippen molar-refractivity contribution >= 4 is 11.5 Å². The number of rotatable bonds is 1. The highest BCUT2D eigenvalue weighted by atomic mass is 16.5. The minimum Gasteiger partial charge on any atom is -0.478 e. The van der Waals surface area contributed by atoms with Gasteiger partial charge in [-0.3, -0.25) is 13.9 Å². The van der Waals surface area contributed by atoms with Crippen molar-refractivity contribution in [1.82, 2.24) is 9.13 Å². The average molecular weight is 238 g/mol. The number of hydrogen-bond acceptors (Lipinski definition) is 4. The summed E-state index contributed by atoms with van der Waals surface area (Å²) in [5.74, 6) is -1.04. The van der Waals surface area contributed by atoms with Crippen LogP contribution in [0.1, 0.15) is 5.56 Å². The number of aliphatic carboxylic acids is 1. The van der Waals surface area contributed by atoms with Crippen LogP contribution in [-0.2, 0) is 18.9 Å². The quantitative estimate of drug-likeness (QED) is 0.630. The fourth-order valence-electron chi connectivity index (χ4n) is 1.75. The van der Waals surface area contributed by atoms with Gasteiger partial charge in [0.15, 0.2) is 0 Å². The summed E-state index contributed by atoms with van der Waals surface area (Å²) in [7, 11) is 2.80. The maximum atomic E-state index is 11.9. The maximum absolute atomic E-state index is 11.9. The standard InChI is InChI=1S/C10H10N2O5/c1-11-8(15)7-5(3-6(13)14)4-17-9(7)12(2)10(11)16/h3H,4H2,1-2H3,(H,13,14). The third kappa shape index (κ3) is 1.55. The molecule has 0 atom stereocenters. The number of fused-ring (bicyclic) bond motifs is 1. The Morgan fingerprint density at radius 2 is 2.00 bits per heavy atom. The predicted octanol–water partition coefficient (Wildman–Crippen LogP) is -1.06. The van der Waals surface area contributed by atoms with Gasteiger partial charge >= 0.3 is 11.7 Å². The van der Waals surface area contributed by atoms with Crippen LogP contribution in [0.4, 0.5) is 0 Å². The van der Waals surface area contributed by atoms with Gasteiger partial charge in [0.1, 0.15) is 12.2 Å². The minimum absolute atomic E-state index is 0.0197. The van der Waals surface area contributed by atoms with Crippen LogP contribution in [0.5, 0.6) is 5.88 Å². The molecule has 0 aromatic carbocycles. The molecule has 1 aromatic rings. The lowest BCUT2D eigenvalue weighted by molar-refractivity contribution is -0.131. The van der Waals surface area contributed by atoms with Crippen molar-refractivity contribution in [3.05, 3.63) is 32.5 Å². The smallest absolute Gasteiger partial charge is 0.333 e. The average Bonchev–Trinajstić information content (AvgIpc) is 2.66. The van der Waals surface area contributed by atoms with E-state index < -0.39 is 17.2 Å². The predicted molar refractivity (Wildman–Crippen MR) is 58.0 cm³/mol. The lowest BCUT2D eigenvalue weighted by Gasteiger charge is -2.06. The molecule has 0 spiro atoms. The Bertz CT molecular complexity index is 650. The van der Waals surface area contributed by atoms with Crippen LogP contribution in [0.2, 0.25) is 0 Å². The SMILES string of the molecule is Cn1c2c(c(=O)n(C)c1=O)C(=CC(=O)O)CO2. The fraction of sp³-hybridized carbons (Fsp3) is 0.300. The Kier molecular flexibility index (Phi) is 2.38. The molecular weight excluding hydrogens is 228 g/mol. The summed E-state index contributed by atoms with van der Waals surface area (Å²) in [6.07, 6.45) is 0.914. The molecule has 0 aliphatic carbocycles. The Morgan fingerprint density at radius 3 is 2.59 bits per heavy atom. The fourth-order valence-corrected chi connectivity index (χ4v) is 1.75. The summed E-state index contributed by atoms with van der Waals surface area (Å²) < 4.78 is 7.28. The van der Waals surface area contributed by atoms with Gasteiger partial charge in [0.2, 0.25) is 5.88 Å². The van der Waals surface area contributed by atoms with Gasteiger partial charge in [0.05, 0.1) is 0 Å². The summed E-state index contributed by atoms with van der Waals surface area (Å²) in [6, 6.07) is 0. The molecule has 0 amide bonds. The van der Waals surface area contributed by atoms with Crippen molar-refractivity contribution in [2.75, 3.05) is 6.61 Å². The highest BCUT2D eigenvalue weighted by Gasteiger charge is 2.27. The molecule has 0 fully saturated rings. The second-order valence-electron chi connectivity index (χ2n) is 3.68. The van der Waals surface area contributed by atoms with E-state index in [-0.39, 0.29) is 23.6 Å². The maximum Gasteiger partial charge on any atom is 0.333 e. The zero-order chi connectivity index (χ0) is 12.7. The second-order valence-corrected chi connectivity index (χ2v) is 3.68. The summed E-state index contributed by atoms with van der Waals surface area (Å²) in [5, 5.41) is 8.67. The second kappa shape index (κ2) is 3.62. The van der Waals surface area contributed by atoms with Crippen LogP contribution in [0.15, 0.2) is 15.7 Å². The van der Waals surface area contributed by atoms with Gasteiger partial charge in [-0.05, 0) is 0 Å². The molecule has 1 N–H and O–H groups in total. The summed E-state index contributed by atoms with van der Waals surface area (Å²) in [5.41, 5.74) is -0.654. The van der Waals surface area contributed by atoms with E-state index in [0.29, 0.717) is 0 Å². The Balaban J connectivity index is 2.82. The Labute approximate surface area is 95.2 Å². The third-order valence-electron chi connectivity index (χ3n) is 2.59. The van der Waals surface area contributed by atoms with Crippen LogP contribution in [-0.4, -0.2) is 26.8 Å². The molecule has 90 valence electrons. The number of carboxylic acid groups (broad SMARTS) is 1. The number of carbonyl (C=O) groups is 1. The van der Waals surface area contributed by atoms with Gasteiger partial charge in [0, 0.05) is 25.7 Å². The third-order valence-corrected chi connectivity index (χ3v) is 2.59. The normalized spacial score (nSPS) is 15.8. The largest absolute Gasteiger partial charge is 0.478 e. The summed E-state index contributed by atoms with van der Waals surface area (Å²) in [6.45, 7) is -0.0197. The van der Waals surface area contributed by atoms with Crippen LogP contribution in [0, 0.1) is 0 Å². The molecule has 17 heavy (non-hydrogen) atoms. The monoisotopic (exact) mass is 238 g/mol. The highest BCUT2D eigenvalue weighted by molar-refractivity contribution is 5.91. The lowest BCUT2D eigenvalue weighted by Crippen LogP contribution is -2.38. The zero-order valence-electron chi connectivity index (χ0n) is 9.26. The first kappa shape index (κ1) is 11.2. The number of nitrogens with zero attached hydrogens (tertiary/aromatic N) is 2. The number of ether oxygens (including phenoxy) is 1. The molecule has 2 heterocycles. The van der Waals surface area contributed by atoms with Crippen LogP contribution in [0.3, 0.4) is 0 Å². The van der Waals surface area contributed by atoms with Crippen molar-refractivity contribution in [3.63, 3.8) is 0 Å². The van der Waals surface area contributed by atoms with E-state index in [1.165, 1.54) is 18.7 Å². The van der Waals surface area contributed by atoms with E-state index in [2.05, 4.69) is 0 Å². The van der Waals surface area contributed by atoms with Gasteiger partial charge in [0.25, 0.3) is 5.56 Å². The molecule has 7 nitrogen and oxygen atoms in total. The lowest BCUT2D eigenvalue weighted by atomic mass is 10.1. The van der Waals surface area contributed by atoms with E-state index in [9.17, 15) is 14.4 Å². The molecule has 0 saturated heterocycles. The van der Waals surface area contributed by atoms with Crippen molar-refractivity contribution in [1.29, 1.82) is 0 Å². The molecule has 7 heteroatoms. The number of aromatic nitrogens is 2. The topological polar surface area (TPSA) is 90.5 Å². The zero-order valence-corrected chi connectivity index (χ0v) is 9.26. The molecular formula is C10H10N2O5. The van der Waals surface area contributed by atoms with Crippen LogP contribution in [0.25, 0.3) is 5.57 Å². The molecule has 0 unspecified atom stereocenters. The van der Waals surface area contributed by atoms with Crippen molar-refractivity contribution in [2.24, 2.45) is 14.1 Å². The summed E-state index contributed by atoms with van der Waals surface area (Å²) in [4.78, 5) is 34.1. The first-order chi connectivity index (χ1) is 7.93. The van der Waals surface area contributed by atoms with Crippen molar-refractivity contribution < 1.29 is 14.6 Å². The van der Waals surface area contributed by atoms with Gasteiger partial charge in [-0.1, -0.05) is 0 Å². The molecule has 1 aromatic heterocycles. The molecule has 2 rings (SSSR count). The van der Waals surface area contributed by atoms with E-state index in [1.54, 1.807) is 0 Å². The van der Waals surface area contributed by atoms with E-state index in [0.717, 1.165) is 10.6 Å². The van der Waals surface area contributed by atoms with Gasteiger partial charge in [-0.25, -0.2) is 9.59 Å².